The monoisotopic (exact) mass is 338 g/mol. The van der Waals surface area contributed by atoms with Crippen molar-refractivity contribution < 1.29 is 4.42 Å². The number of aryl methyl sites for hydroxylation is 2. The van der Waals surface area contributed by atoms with Crippen molar-refractivity contribution in [3.05, 3.63) is 39.7 Å². The molecule has 3 aromatic rings. The number of thiazole rings is 1. The molecule has 0 saturated heterocycles. The average molecular weight is 339 g/mol. The SMILES string of the molecule is Cc1nc(C)c(-c2nnc(SCc3ccc(Cl)nc3)o2)s1. The second-order valence-corrected chi connectivity index (χ2v) is 6.82. The molecule has 0 aromatic carbocycles. The number of thioether (sulfide) groups is 1. The quantitative estimate of drug-likeness (QED) is 0.526. The largest absolute Gasteiger partial charge is 0.410 e. The molecular weight excluding hydrogens is 328 g/mol. The first-order valence-electron chi connectivity index (χ1n) is 6.13. The van der Waals surface area contributed by atoms with Gasteiger partial charge >= 0.3 is 0 Å². The van der Waals surface area contributed by atoms with E-state index in [1.807, 2.05) is 19.9 Å². The van der Waals surface area contributed by atoms with Gasteiger partial charge < -0.3 is 4.42 Å². The van der Waals surface area contributed by atoms with Crippen molar-refractivity contribution in [2.24, 2.45) is 0 Å². The van der Waals surface area contributed by atoms with Gasteiger partial charge in [-0.15, -0.1) is 21.5 Å². The number of halogens is 1. The Morgan fingerprint density at radius 3 is 2.81 bits per heavy atom. The minimum absolute atomic E-state index is 0.486. The molecule has 0 bridgehead atoms. The van der Waals surface area contributed by atoms with Crippen molar-refractivity contribution in [2.45, 2.75) is 24.8 Å². The fraction of sp³-hybridized carbons (Fsp3) is 0.231. The van der Waals surface area contributed by atoms with Crippen LogP contribution in [0.25, 0.3) is 10.8 Å². The Labute approximate surface area is 134 Å². The molecule has 0 atom stereocenters. The lowest BCUT2D eigenvalue weighted by Gasteiger charge is -1.97. The van der Waals surface area contributed by atoms with Crippen molar-refractivity contribution in [3.63, 3.8) is 0 Å². The Kier molecular flexibility index (Phi) is 4.23. The van der Waals surface area contributed by atoms with Crippen LogP contribution in [0.15, 0.2) is 28.0 Å². The molecular formula is C13H11ClN4OS2. The maximum atomic E-state index is 5.75. The zero-order valence-electron chi connectivity index (χ0n) is 11.3. The van der Waals surface area contributed by atoms with E-state index in [0.717, 1.165) is 21.1 Å². The van der Waals surface area contributed by atoms with Gasteiger partial charge in [0.15, 0.2) is 0 Å². The molecule has 0 spiro atoms. The van der Waals surface area contributed by atoms with Crippen LogP contribution in [0.3, 0.4) is 0 Å². The molecule has 21 heavy (non-hydrogen) atoms. The first-order chi connectivity index (χ1) is 10.1. The second-order valence-electron chi connectivity index (χ2n) is 4.30. The number of aromatic nitrogens is 4. The molecule has 8 heteroatoms. The second kappa shape index (κ2) is 6.13. The summed E-state index contributed by atoms with van der Waals surface area (Å²) in [5.41, 5.74) is 1.97. The highest BCUT2D eigenvalue weighted by atomic mass is 35.5. The lowest BCUT2D eigenvalue weighted by molar-refractivity contribution is 0.466. The van der Waals surface area contributed by atoms with E-state index < -0.39 is 0 Å². The molecule has 108 valence electrons. The van der Waals surface area contributed by atoms with Crippen LogP contribution < -0.4 is 0 Å². The van der Waals surface area contributed by atoms with Crippen LogP contribution in [-0.2, 0) is 5.75 Å². The molecule has 0 amide bonds. The Morgan fingerprint density at radius 2 is 2.14 bits per heavy atom. The summed E-state index contributed by atoms with van der Waals surface area (Å²) in [4.78, 5) is 9.33. The lowest BCUT2D eigenvalue weighted by atomic mass is 10.3. The molecule has 0 N–H and O–H groups in total. The number of hydrogen-bond donors (Lipinski definition) is 0. The Morgan fingerprint density at radius 1 is 1.29 bits per heavy atom. The molecule has 3 heterocycles. The van der Waals surface area contributed by atoms with Gasteiger partial charge in [0, 0.05) is 11.9 Å². The van der Waals surface area contributed by atoms with E-state index in [0.29, 0.717) is 22.0 Å². The van der Waals surface area contributed by atoms with Crippen molar-refractivity contribution in [1.29, 1.82) is 0 Å². The van der Waals surface area contributed by atoms with E-state index in [1.54, 1.807) is 23.6 Å². The molecule has 5 nitrogen and oxygen atoms in total. The summed E-state index contributed by atoms with van der Waals surface area (Å²) in [6.07, 6.45) is 1.74. The molecule has 0 radical (unpaired) electrons. The number of hydrogen-bond acceptors (Lipinski definition) is 7. The van der Waals surface area contributed by atoms with Crippen LogP contribution in [0, 0.1) is 13.8 Å². The smallest absolute Gasteiger partial charge is 0.277 e. The van der Waals surface area contributed by atoms with Gasteiger partial charge in [0.05, 0.1) is 10.7 Å². The Bertz CT molecular complexity index is 754. The number of pyridine rings is 1. The fourth-order valence-corrected chi connectivity index (χ4v) is 3.38. The van der Waals surface area contributed by atoms with Crippen molar-refractivity contribution in [1.82, 2.24) is 20.2 Å². The zero-order chi connectivity index (χ0) is 14.8. The van der Waals surface area contributed by atoms with E-state index >= 15 is 0 Å². The topological polar surface area (TPSA) is 64.7 Å². The zero-order valence-corrected chi connectivity index (χ0v) is 13.7. The summed E-state index contributed by atoms with van der Waals surface area (Å²) in [5, 5.41) is 10.1. The van der Waals surface area contributed by atoms with Crippen LogP contribution in [0.1, 0.15) is 16.3 Å². The third-order valence-corrected chi connectivity index (χ3v) is 4.83. The predicted molar refractivity (Wildman–Crippen MR) is 83.7 cm³/mol. The maximum Gasteiger partial charge on any atom is 0.277 e. The normalized spacial score (nSPS) is 11.0. The molecule has 0 aliphatic carbocycles. The molecule has 0 saturated carbocycles. The summed E-state index contributed by atoms with van der Waals surface area (Å²) in [7, 11) is 0. The third kappa shape index (κ3) is 3.42. The first-order valence-corrected chi connectivity index (χ1v) is 8.31. The predicted octanol–water partition coefficient (Wildman–Crippen LogP) is 4.15. The lowest BCUT2D eigenvalue weighted by Crippen LogP contribution is -1.83. The van der Waals surface area contributed by atoms with Crippen molar-refractivity contribution in [3.8, 4) is 10.8 Å². The fourth-order valence-electron chi connectivity index (χ4n) is 1.73. The maximum absolute atomic E-state index is 5.75. The Balaban J connectivity index is 1.70. The van der Waals surface area contributed by atoms with E-state index in [2.05, 4.69) is 20.2 Å². The summed E-state index contributed by atoms with van der Waals surface area (Å²) in [6.45, 7) is 3.90. The molecule has 0 fully saturated rings. The highest BCUT2D eigenvalue weighted by molar-refractivity contribution is 7.98. The van der Waals surface area contributed by atoms with Gasteiger partial charge in [-0.05, 0) is 25.5 Å². The minimum atomic E-state index is 0.486. The van der Waals surface area contributed by atoms with E-state index in [-0.39, 0.29) is 0 Å². The Hall–Kier alpha value is -1.44. The van der Waals surface area contributed by atoms with Gasteiger partial charge in [0.1, 0.15) is 10.0 Å². The van der Waals surface area contributed by atoms with Crippen LogP contribution >= 0.6 is 34.7 Å². The van der Waals surface area contributed by atoms with Crippen LogP contribution in [-0.4, -0.2) is 20.2 Å². The van der Waals surface area contributed by atoms with Crippen LogP contribution in [0.2, 0.25) is 5.15 Å². The van der Waals surface area contributed by atoms with E-state index in [1.165, 1.54) is 11.8 Å². The summed E-state index contributed by atoms with van der Waals surface area (Å²) in [6, 6.07) is 3.69. The van der Waals surface area contributed by atoms with Gasteiger partial charge in [-0.2, -0.15) is 0 Å². The van der Waals surface area contributed by atoms with Gasteiger partial charge in [-0.3, -0.25) is 0 Å². The van der Waals surface area contributed by atoms with Gasteiger partial charge in [-0.25, -0.2) is 9.97 Å². The van der Waals surface area contributed by atoms with Gasteiger partial charge in [0.25, 0.3) is 11.1 Å². The molecule has 3 rings (SSSR count). The molecule has 0 aliphatic heterocycles. The van der Waals surface area contributed by atoms with Crippen molar-refractivity contribution >= 4 is 34.7 Å². The highest BCUT2D eigenvalue weighted by Crippen LogP contribution is 2.31. The minimum Gasteiger partial charge on any atom is -0.410 e. The van der Waals surface area contributed by atoms with Crippen LogP contribution in [0.4, 0.5) is 0 Å². The highest BCUT2D eigenvalue weighted by Gasteiger charge is 2.15. The molecule has 0 unspecified atom stereocenters. The van der Waals surface area contributed by atoms with E-state index in [4.69, 9.17) is 16.0 Å². The summed E-state index contributed by atoms with van der Waals surface area (Å²) in [5.74, 6) is 1.22. The number of rotatable bonds is 4. The molecule has 0 aliphatic rings. The summed E-state index contributed by atoms with van der Waals surface area (Å²) >= 11 is 8.78. The standard InChI is InChI=1S/C13H11ClN4OS2/c1-7-11(21-8(2)16-7)12-17-18-13(19-12)20-6-9-3-4-10(14)15-5-9/h3-5H,6H2,1-2H3. The number of nitrogens with zero attached hydrogens (tertiary/aromatic N) is 4. The third-order valence-electron chi connectivity index (χ3n) is 2.66. The van der Waals surface area contributed by atoms with E-state index in [9.17, 15) is 0 Å². The molecule has 3 aromatic heterocycles. The van der Waals surface area contributed by atoms with Gasteiger partial charge in [-0.1, -0.05) is 29.4 Å². The summed E-state index contributed by atoms with van der Waals surface area (Å²) < 4.78 is 5.67. The van der Waals surface area contributed by atoms with Crippen molar-refractivity contribution in [2.75, 3.05) is 0 Å². The van der Waals surface area contributed by atoms with Crippen LogP contribution in [0.5, 0.6) is 0 Å². The first kappa shape index (κ1) is 14.5. The average Bonchev–Trinajstić information content (AvgIpc) is 3.04. The van der Waals surface area contributed by atoms with Gasteiger partial charge in [0.2, 0.25) is 0 Å².